The van der Waals surface area contributed by atoms with Crippen LogP contribution in [0.5, 0.6) is 0 Å². The second-order valence-corrected chi connectivity index (χ2v) is 6.42. The molecule has 1 unspecified atom stereocenters. The molecule has 0 aliphatic heterocycles. The lowest BCUT2D eigenvalue weighted by molar-refractivity contribution is 0.0883. The van der Waals surface area contributed by atoms with Gasteiger partial charge in [0, 0.05) is 12.1 Å². The highest BCUT2D eigenvalue weighted by atomic mass is 16.1. The Labute approximate surface area is 121 Å². The molecule has 0 heterocycles. The fourth-order valence-corrected chi connectivity index (χ4v) is 2.64. The normalized spacial score (nSPS) is 17.4. The first-order valence-corrected chi connectivity index (χ1v) is 7.60. The van der Waals surface area contributed by atoms with Crippen molar-refractivity contribution in [1.29, 1.82) is 0 Å². The Morgan fingerprint density at radius 1 is 1.30 bits per heavy atom. The standard InChI is InChI=1S/C17H26N2O/c1-12(2)17(3,11-18)19-16(20)15-9-8-13-6-4-5-7-14(13)10-15/h8-10,12H,4-7,11,18H2,1-3H3,(H,19,20). The maximum atomic E-state index is 12.4. The number of nitrogens with two attached hydrogens (primary N) is 1. The van der Waals surface area contributed by atoms with Gasteiger partial charge in [-0.05, 0) is 61.8 Å². The Morgan fingerprint density at radius 3 is 2.55 bits per heavy atom. The molecule has 110 valence electrons. The summed E-state index contributed by atoms with van der Waals surface area (Å²) in [6, 6.07) is 6.11. The van der Waals surface area contributed by atoms with Crippen molar-refractivity contribution in [2.45, 2.75) is 52.0 Å². The van der Waals surface area contributed by atoms with Gasteiger partial charge in [0.1, 0.15) is 0 Å². The average molecular weight is 274 g/mol. The summed E-state index contributed by atoms with van der Waals surface area (Å²) in [5, 5.41) is 3.10. The molecule has 0 radical (unpaired) electrons. The van der Waals surface area contributed by atoms with Crippen molar-refractivity contribution in [3.63, 3.8) is 0 Å². The lowest BCUT2D eigenvalue weighted by Crippen LogP contribution is -2.55. The van der Waals surface area contributed by atoms with Crippen LogP contribution in [0.2, 0.25) is 0 Å². The van der Waals surface area contributed by atoms with E-state index in [1.165, 1.54) is 24.0 Å². The Kier molecular flexibility index (Phi) is 4.48. The number of nitrogens with one attached hydrogen (secondary N) is 1. The number of aryl methyl sites for hydroxylation is 2. The summed E-state index contributed by atoms with van der Waals surface area (Å²) in [7, 11) is 0. The molecule has 0 spiro atoms. The zero-order chi connectivity index (χ0) is 14.8. The fourth-order valence-electron chi connectivity index (χ4n) is 2.64. The molecule has 1 aromatic carbocycles. The molecule has 0 bridgehead atoms. The minimum atomic E-state index is -0.354. The Morgan fingerprint density at radius 2 is 1.95 bits per heavy atom. The fraction of sp³-hybridized carbons (Fsp3) is 0.588. The summed E-state index contributed by atoms with van der Waals surface area (Å²) >= 11 is 0. The molecule has 20 heavy (non-hydrogen) atoms. The highest BCUT2D eigenvalue weighted by Crippen LogP contribution is 2.23. The number of benzene rings is 1. The number of fused-ring (bicyclic) bond motifs is 1. The van der Waals surface area contributed by atoms with Crippen molar-refractivity contribution in [2.24, 2.45) is 11.7 Å². The third kappa shape index (κ3) is 3.04. The lowest BCUT2D eigenvalue weighted by atomic mass is 9.87. The van der Waals surface area contributed by atoms with Gasteiger partial charge in [-0.15, -0.1) is 0 Å². The number of carbonyl (C=O) groups is 1. The van der Waals surface area contributed by atoms with Gasteiger partial charge in [0.25, 0.3) is 5.91 Å². The number of hydrogen-bond acceptors (Lipinski definition) is 2. The van der Waals surface area contributed by atoms with Crippen LogP contribution < -0.4 is 11.1 Å². The summed E-state index contributed by atoms with van der Waals surface area (Å²) in [6.07, 6.45) is 4.72. The van der Waals surface area contributed by atoms with Gasteiger partial charge in [0.15, 0.2) is 0 Å². The minimum absolute atomic E-state index is 0.0139. The summed E-state index contributed by atoms with van der Waals surface area (Å²) in [5.41, 5.74) is 8.97. The molecule has 1 atom stereocenters. The maximum Gasteiger partial charge on any atom is 0.251 e. The molecule has 2 rings (SSSR count). The number of amides is 1. The zero-order valence-electron chi connectivity index (χ0n) is 12.8. The monoisotopic (exact) mass is 274 g/mol. The minimum Gasteiger partial charge on any atom is -0.345 e. The van der Waals surface area contributed by atoms with E-state index in [1.54, 1.807) is 0 Å². The van der Waals surface area contributed by atoms with E-state index in [2.05, 4.69) is 31.3 Å². The molecular weight excluding hydrogens is 248 g/mol. The summed E-state index contributed by atoms with van der Waals surface area (Å²) < 4.78 is 0. The molecule has 1 aliphatic rings. The maximum absolute atomic E-state index is 12.4. The van der Waals surface area contributed by atoms with Crippen LogP contribution in [0.15, 0.2) is 18.2 Å². The second-order valence-electron chi connectivity index (χ2n) is 6.42. The molecule has 0 saturated heterocycles. The first kappa shape index (κ1) is 15.0. The Bertz CT molecular complexity index is 496. The molecule has 1 aliphatic carbocycles. The number of rotatable bonds is 4. The van der Waals surface area contributed by atoms with Gasteiger partial charge in [-0.3, -0.25) is 4.79 Å². The van der Waals surface area contributed by atoms with E-state index in [0.717, 1.165) is 18.4 Å². The summed E-state index contributed by atoms with van der Waals surface area (Å²) in [6.45, 7) is 6.62. The molecule has 1 aromatic rings. The van der Waals surface area contributed by atoms with E-state index in [1.807, 2.05) is 13.0 Å². The van der Waals surface area contributed by atoms with Crippen molar-refractivity contribution in [2.75, 3.05) is 6.54 Å². The van der Waals surface area contributed by atoms with Crippen LogP contribution in [0, 0.1) is 5.92 Å². The van der Waals surface area contributed by atoms with Crippen LogP contribution in [0.4, 0.5) is 0 Å². The van der Waals surface area contributed by atoms with Crippen LogP contribution in [0.25, 0.3) is 0 Å². The Hall–Kier alpha value is -1.35. The lowest BCUT2D eigenvalue weighted by Gasteiger charge is -2.33. The van der Waals surface area contributed by atoms with Crippen molar-refractivity contribution in [3.8, 4) is 0 Å². The van der Waals surface area contributed by atoms with E-state index in [4.69, 9.17) is 5.73 Å². The second kappa shape index (κ2) is 5.96. The first-order valence-electron chi connectivity index (χ1n) is 7.60. The van der Waals surface area contributed by atoms with E-state index in [9.17, 15) is 4.79 Å². The first-order chi connectivity index (χ1) is 9.46. The third-order valence-corrected chi connectivity index (χ3v) is 4.71. The van der Waals surface area contributed by atoms with Crippen molar-refractivity contribution < 1.29 is 4.79 Å². The van der Waals surface area contributed by atoms with Crippen molar-refractivity contribution in [1.82, 2.24) is 5.32 Å². The van der Waals surface area contributed by atoms with Gasteiger partial charge in [-0.2, -0.15) is 0 Å². The molecule has 3 heteroatoms. The summed E-state index contributed by atoms with van der Waals surface area (Å²) in [5.74, 6) is 0.286. The molecule has 3 nitrogen and oxygen atoms in total. The average Bonchev–Trinajstić information content (AvgIpc) is 2.46. The van der Waals surface area contributed by atoms with Gasteiger partial charge in [0.05, 0.1) is 5.54 Å². The SMILES string of the molecule is CC(C)C(C)(CN)NC(=O)c1ccc2c(c1)CCCC2. The zero-order valence-corrected chi connectivity index (χ0v) is 12.8. The predicted molar refractivity (Wildman–Crippen MR) is 82.8 cm³/mol. The van der Waals surface area contributed by atoms with E-state index in [0.29, 0.717) is 12.5 Å². The smallest absolute Gasteiger partial charge is 0.251 e. The van der Waals surface area contributed by atoms with E-state index >= 15 is 0 Å². The van der Waals surface area contributed by atoms with Gasteiger partial charge in [0.2, 0.25) is 0 Å². The van der Waals surface area contributed by atoms with Crippen LogP contribution in [-0.4, -0.2) is 18.0 Å². The number of hydrogen-bond donors (Lipinski definition) is 2. The highest BCUT2D eigenvalue weighted by Gasteiger charge is 2.29. The van der Waals surface area contributed by atoms with Gasteiger partial charge < -0.3 is 11.1 Å². The van der Waals surface area contributed by atoms with Crippen LogP contribution >= 0.6 is 0 Å². The van der Waals surface area contributed by atoms with Gasteiger partial charge >= 0.3 is 0 Å². The quantitative estimate of drug-likeness (QED) is 0.887. The molecule has 1 amide bonds. The molecule has 0 aromatic heterocycles. The largest absolute Gasteiger partial charge is 0.345 e. The number of carbonyl (C=O) groups excluding carboxylic acids is 1. The molecule has 0 fully saturated rings. The predicted octanol–water partition coefficient (Wildman–Crippen LogP) is 2.67. The topological polar surface area (TPSA) is 55.1 Å². The van der Waals surface area contributed by atoms with Gasteiger partial charge in [-0.25, -0.2) is 0 Å². The van der Waals surface area contributed by atoms with E-state index in [-0.39, 0.29) is 11.4 Å². The van der Waals surface area contributed by atoms with Crippen LogP contribution in [-0.2, 0) is 12.8 Å². The molecule has 0 saturated carbocycles. The Balaban J connectivity index is 2.17. The van der Waals surface area contributed by atoms with Crippen molar-refractivity contribution in [3.05, 3.63) is 34.9 Å². The van der Waals surface area contributed by atoms with Gasteiger partial charge in [-0.1, -0.05) is 19.9 Å². The molecular formula is C17H26N2O. The van der Waals surface area contributed by atoms with Crippen LogP contribution in [0.1, 0.15) is 55.1 Å². The third-order valence-electron chi connectivity index (χ3n) is 4.71. The van der Waals surface area contributed by atoms with Crippen LogP contribution in [0.3, 0.4) is 0 Å². The van der Waals surface area contributed by atoms with Crippen molar-refractivity contribution >= 4 is 5.91 Å². The molecule has 3 N–H and O–H groups in total. The van der Waals surface area contributed by atoms with E-state index < -0.39 is 0 Å². The highest BCUT2D eigenvalue weighted by molar-refractivity contribution is 5.95. The summed E-state index contributed by atoms with van der Waals surface area (Å²) in [4.78, 5) is 12.4.